The molecule has 2 heterocycles. The number of nitrogens with zero attached hydrogens (tertiary/aromatic N) is 6. The van der Waals surface area contributed by atoms with Crippen molar-refractivity contribution >= 4 is 33.3 Å². The Bertz CT molecular complexity index is 1200. The highest BCUT2D eigenvalue weighted by molar-refractivity contribution is 7.89. The van der Waals surface area contributed by atoms with E-state index < -0.39 is 27.9 Å². The number of benzene rings is 1. The third kappa shape index (κ3) is 4.78. The molecule has 31 heavy (non-hydrogen) atoms. The van der Waals surface area contributed by atoms with Crippen LogP contribution in [0.1, 0.15) is 18.8 Å². The molecule has 0 aliphatic heterocycles. The van der Waals surface area contributed by atoms with Gasteiger partial charge in [-0.3, -0.25) is 0 Å². The van der Waals surface area contributed by atoms with Crippen molar-refractivity contribution in [3.63, 3.8) is 0 Å². The molecule has 0 aliphatic carbocycles. The fraction of sp³-hybridized carbons (Fsp3) is 0.235. The van der Waals surface area contributed by atoms with Crippen LogP contribution in [0, 0.1) is 5.82 Å². The number of anilines is 1. The fourth-order valence-electron chi connectivity index (χ4n) is 2.54. The largest absolute Gasteiger partial charge is 0.328 e. The zero-order valence-electron chi connectivity index (χ0n) is 16.6. The number of nitrogens with one attached hydrogen (secondary N) is 2. The predicted molar refractivity (Wildman–Crippen MR) is 110 cm³/mol. The first-order valence-corrected chi connectivity index (χ1v) is 10.6. The van der Waals surface area contributed by atoms with Gasteiger partial charge >= 0.3 is 6.03 Å². The van der Waals surface area contributed by atoms with Gasteiger partial charge in [0.15, 0.2) is 5.82 Å². The summed E-state index contributed by atoms with van der Waals surface area (Å²) in [5.74, 6) is -0.313. The number of halogens is 2. The molecule has 2 N–H and O–H groups in total. The van der Waals surface area contributed by atoms with Crippen molar-refractivity contribution in [3.8, 4) is 5.95 Å². The molecule has 164 valence electrons. The Morgan fingerprint density at radius 3 is 2.55 bits per heavy atom. The van der Waals surface area contributed by atoms with Crippen LogP contribution < -0.4 is 10.6 Å². The topological polar surface area (TPSA) is 135 Å². The highest BCUT2D eigenvalue weighted by Gasteiger charge is 2.24. The van der Waals surface area contributed by atoms with Crippen LogP contribution in [0.4, 0.5) is 14.9 Å². The number of aromatic nitrogens is 5. The van der Waals surface area contributed by atoms with Crippen molar-refractivity contribution in [2.45, 2.75) is 17.9 Å². The second-order valence-electron chi connectivity index (χ2n) is 6.45. The van der Waals surface area contributed by atoms with E-state index in [9.17, 15) is 17.6 Å². The van der Waals surface area contributed by atoms with Crippen molar-refractivity contribution in [2.75, 3.05) is 19.4 Å². The van der Waals surface area contributed by atoms with Gasteiger partial charge in [0.05, 0.1) is 16.8 Å². The Balaban J connectivity index is 1.80. The van der Waals surface area contributed by atoms with E-state index in [1.54, 1.807) is 13.0 Å². The van der Waals surface area contributed by atoms with Crippen molar-refractivity contribution in [3.05, 3.63) is 53.6 Å². The van der Waals surface area contributed by atoms with Gasteiger partial charge in [-0.2, -0.15) is 9.78 Å². The van der Waals surface area contributed by atoms with E-state index in [0.29, 0.717) is 5.82 Å². The van der Waals surface area contributed by atoms with Crippen LogP contribution in [0.3, 0.4) is 0 Å². The quantitative estimate of drug-likeness (QED) is 0.564. The summed E-state index contributed by atoms with van der Waals surface area (Å²) in [5.41, 5.74) is -0.359. The molecule has 1 atom stereocenters. The summed E-state index contributed by atoms with van der Waals surface area (Å²) in [6.07, 6.45) is 4.33. The lowest BCUT2D eigenvalue weighted by atomic mass is 10.3. The molecule has 14 heteroatoms. The van der Waals surface area contributed by atoms with Crippen molar-refractivity contribution in [1.29, 1.82) is 0 Å². The third-order valence-corrected chi connectivity index (χ3v) is 6.36. The Morgan fingerprint density at radius 1 is 1.23 bits per heavy atom. The lowest BCUT2D eigenvalue weighted by Gasteiger charge is -2.17. The number of hydrogen-bond donors (Lipinski definition) is 2. The molecule has 0 unspecified atom stereocenters. The van der Waals surface area contributed by atoms with Crippen molar-refractivity contribution < 1.29 is 17.6 Å². The number of amides is 2. The van der Waals surface area contributed by atoms with Crippen LogP contribution in [-0.2, 0) is 10.0 Å². The normalized spacial score (nSPS) is 12.6. The molecule has 0 saturated carbocycles. The van der Waals surface area contributed by atoms with Gasteiger partial charge in [-0.15, -0.1) is 0 Å². The van der Waals surface area contributed by atoms with Crippen LogP contribution >= 0.6 is 11.6 Å². The maximum Gasteiger partial charge on any atom is 0.319 e. The van der Waals surface area contributed by atoms with Crippen LogP contribution in [-0.4, -0.2) is 57.6 Å². The summed E-state index contributed by atoms with van der Waals surface area (Å²) in [6, 6.07) is 1.94. The summed E-state index contributed by atoms with van der Waals surface area (Å²) >= 11 is 5.89. The van der Waals surface area contributed by atoms with Gasteiger partial charge in [-0.25, -0.2) is 36.9 Å². The lowest BCUT2D eigenvalue weighted by Crippen LogP contribution is -2.33. The average molecular weight is 469 g/mol. The highest BCUT2D eigenvalue weighted by Crippen LogP contribution is 2.29. The second kappa shape index (κ2) is 8.91. The Hall–Kier alpha value is -3.16. The molecule has 0 spiro atoms. The molecule has 3 rings (SSSR count). The zero-order valence-corrected chi connectivity index (χ0v) is 18.2. The first kappa shape index (κ1) is 22.5. The Morgan fingerprint density at radius 2 is 1.90 bits per heavy atom. The van der Waals surface area contributed by atoms with Crippen LogP contribution in [0.25, 0.3) is 5.95 Å². The average Bonchev–Trinajstić information content (AvgIpc) is 3.20. The van der Waals surface area contributed by atoms with Crippen molar-refractivity contribution in [1.82, 2.24) is 34.4 Å². The maximum atomic E-state index is 14.3. The summed E-state index contributed by atoms with van der Waals surface area (Å²) in [4.78, 5) is 24.3. The van der Waals surface area contributed by atoms with Crippen molar-refractivity contribution in [2.24, 2.45) is 0 Å². The van der Waals surface area contributed by atoms with Gasteiger partial charge in [0, 0.05) is 26.5 Å². The zero-order chi connectivity index (χ0) is 22.8. The van der Waals surface area contributed by atoms with Gasteiger partial charge in [0.1, 0.15) is 17.0 Å². The lowest BCUT2D eigenvalue weighted by molar-refractivity contribution is 0.248. The molecule has 3 aromatic rings. The number of urea groups is 1. The van der Waals surface area contributed by atoms with Gasteiger partial charge in [0.25, 0.3) is 5.95 Å². The molecular weight excluding hydrogens is 451 g/mol. The summed E-state index contributed by atoms with van der Waals surface area (Å²) in [7, 11) is -1.33. The number of hydrogen-bond acceptors (Lipinski definition) is 7. The minimum atomic E-state index is -3.95. The molecule has 2 amide bonds. The van der Waals surface area contributed by atoms with E-state index in [4.69, 9.17) is 11.6 Å². The molecule has 2 aromatic heterocycles. The summed E-state index contributed by atoms with van der Waals surface area (Å²) in [6.45, 7) is 1.63. The van der Waals surface area contributed by atoms with Gasteiger partial charge in [0.2, 0.25) is 10.0 Å². The highest BCUT2D eigenvalue weighted by atomic mass is 35.5. The molecule has 0 bridgehead atoms. The smallest absolute Gasteiger partial charge is 0.319 e. The number of carbonyl (C=O) groups is 1. The van der Waals surface area contributed by atoms with Gasteiger partial charge in [-0.1, -0.05) is 11.6 Å². The number of sulfonamides is 1. The van der Waals surface area contributed by atoms with E-state index in [-0.39, 0.29) is 21.6 Å². The van der Waals surface area contributed by atoms with Gasteiger partial charge in [-0.05, 0) is 25.1 Å². The summed E-state index contributed by atoms with van der Waals surface area (Å²) in [5, 5.41) is 8.60. The predicted octanol–water partition coefficient (Wildman–Crippen LogP) is 1.98. The first-order valence-electron chi connectivity index (χ1n) is 8.77. The van der Waals surface area contributed by atoms with E-state index >= 15 is 0 Å². The molecule has 0 aliphatic rings. The Kier molecular flexibility index (Phi) is 6.48. The number of carbonyl (C=O) groups excluding carboxylic acids is 1. The maximum absolute atomic E-state index is 14.3. The monoisotopic (exact) mass is 468 g/mol. The SMILES string of the molecule is C[C@H](NC(=O)Nc1cc(S(=O)(=O)N(C)C)c(Cl)cc1F)c1ncnn1-c1ncccn1. The molecule has 1 aromatic carbocycles. The standard InChI is InChI=1S/C17H18ClFN8O3S/c1-10(15-22-9-23-27(15)16-20-5-4-6-21-16)24-17(28)25-13-8-14(11(18)7-12(13)19)31(29,30)26(2)3/h4-10H,1-3H3,(H2,24,25,28)/t10-/m0/s1. The van der Waals surface area contributed by atoms with E-state index in [2.05, 4.69) is 30.7 Å². The van der Waals surface area contributed by atoms with Gasteiger partial charge < -0.3 is 10.6 Å². The first-order chi connectivity index (χ1) is 14.6. The third-order valence-electron chi connectivity index (χ3n) is 4.08. The molecule has 0 radical (unpaired) electrons. The molecule has 0 fully saturated rings. The van der Waals surface area contributed by atoms with Crippen LogP contribution in [0.15, 0.2) is 41.8 Å². The van der Waals surface area contributed by atoms with E-state index in [1.165, 1.54) is 37.5 Å². The fourth-order valence-corrected chi connectivity index (χ4v) is 3.95. The molecule has 11 nitrogen and oxygen atoms in total. The second-order valence-corrected chi connectivity index (χ2v) is 8.98. The minimum absolute atomic E-state index is 0.256. The van der Waals surface area contributed by atoms with Crippen LogP contribution in [0.2, 0.25) is 5.02 Å². The van der Waals surface area contributed by atoms with E-state index in [0.717, 1.165) is 16.4 Å². The molecular formula is C17H18ClFN8O3S. The molecule has 0 saturated heterocycles. The number of rotatable bonds is 6. The van der Waals surface area contributed by atoms with Crippen LogP contribution in [0.5, 0.6) is 0 Å². The van der Waals surface area contributed by atoms with E-state index in [1.807, 2.05) is 0 Å². The minimum Gasteiger partial charge on any atom is -0.328 e. The summed E-state index contributed by atoms with van der Waals surface area (Å²) < 4.78 is 41.3. The Labute approximate surface area is 182 Å².